The summed E-state index contributed by atoms with van der Waals surface area (Å²) in [7, 11) is 0. The van der Waals surface area contributed by atoms with Crippen molar-refractivity contribution in [2.75, 3.05) is 0 Å². The van der Waals surface area contributed by atoms with E-state index >= 15 is 0 Å². The van der Waals surface area contributed by atoms with Gasteiger partial charge in [0.05, 0.1) is 0 Å². The van der Waals surface area contributed by atoms with Gasteiger partial charge in [-0.2, -0.15) is 0 Å². The minimum atomic E-state index is 1.06. The van der Waals surface area contributed by atoms with E-state index in [1.807, 2.05) is 0 Å². The minimum absolute atomic E-state index is 1.06. The number of hydrogen-bond donors (Lipinski definition) is 0. The third kappa shape index (κ3) is 3.07. The van der Waals surface area contributed by atoms with Gasteiger partial charge in [-0.15, -0.1) is 6.58 Å². The van der Waals surface area contributed by atoms with E-state index in [1.54, 1.807) is 0 Å². The van der Waals surface area contributed by atoms with Crippen LogP contribution in [0.15, 0.2) is 66.7 Å². The number of allylic oxidation sites excluding steroid dienone is 1. The summed E-state index contributed by atoms with van der Waals surface area (Å²) in [5, 5.41) is 0. The molecule has 0 saturated heterocycles. The molecule has 0 radical (unpaired) electrons. The first kappa shape index (κ1) is 11.7. The maximum atomic E-state index is 3.97. The van der Waals surface area contributed by atoms with Crippen LogP contribution < -0.4 is 0 Å². The summed E-state index contributed by atoms with van der Waals surface area (Å²) in [4.78, 5) is 0. The SMILES string of the molecule is C=C(C)CCc1ccccc1-c1ccccc1. The summed E-state index contributed by atoms with van der Waals surface area (Å²) in [6, 6.07) is 19.2. The van der Waals surface area contributed by atoms with E-state index in [0.717, 1.165) is 12.8 Å². The molecule has 0 saturated carbocycles. The van der Waals surface area contributed by atoms with Gasteiger partial charge in [-0.05, 0) is 36.5 Å². The third-order valence-corrected chi connectivity index (χ3v) is 2.92. The highest BCUT2D eigenvalue weighted by Crippen LogP contribution is 2.24. The Labute approximate surface area is 104 Å². The Morgan fingerprint density at radius 2 is 1.59 bits per heavy atom. The molecule has 0 atom stereocenters. The molecular formula is C17H18. The maximum Gasteiger partial charge on any atom is -0.0152 e. The Balaban J connectivity index is 2.31. The van der Waals surface area contributed by atoms with E-state index in [-0.39, 0.29) is 0 Å². The molecule has 2 rings (SSSR count). The topological polar surface area (TPSA) is 0 Å². The fraction of sp³-hybridized carbons (Fsp3) is 0.176. The monoisotopic (exact) mass is 222 g/mol. The molecule has 0 aromatic heterocycles. The van der Waals surface area contributed by atoms with E-state index < -0.39 is 0 Å². The van der Waals surface area contributed by atoms with Gasteiger partial charge in [-0.1, -0.05) is 60.2 Å². The molecule has 0 aliphatic carbocycles. The van der Waals surface area contributed by atoms with Crippen molar-refractivity contribution in [3.8, 4) is 11.1 Å². The van der Waals surface area contributed by atoms with Crippen LogP contribution in [0.5, 0.6) is 0 Å². The van der Waals surface area contributed by atoms with Crippen LogP contribution >= 0.6 is 0 Å². The maximum absolute atomic E-state index is 3.97. The highest BCUT2D eigenvalue weighted by Gasteiger charge is 2.03. The van der Waals surface area contributed by atoms with Crippen molar-refractivity contribution in [3.63, 3.8) is 0 Å². The molecule has 2 aromatic carbocycles. The summed E-state index contributed by atoms with van der Waals surface area (Å²) < 4.78 is 0. The van der Waals surface area contributed by atoms with Crippen LogP contribution in [0.4, 0.5) is 0 Å². The van der Waals surface area contributed by atoms with Gasteiger partial charge in [0, 0.05) is 0 Å². The summed E-state index contributed by atoms with van der Waals surface area (Å²) >= 11 is 0. The van der Waals surface area contributed by atoms with E-state index in [4.69, 9.17) is 0 Å². The van der Waals surface area contributed by atoms with E-state index in [2.05, 4.69) is 68.1 Å². The zero-order valence-electron chi connectivity index (χ0n) is 10.3. The summed E-state index contributed by atoms with van der Waals surface area (Å²) in [6.07, 6.45) is 2.13. The van der Waals surface area contributed by atoms with Gasteiger partial charge in [0.2, 0.25) is 0 Å². The van der Waals surface area contributed by atoms with Gasteiger partial charge in [0.1, 0.15) is 0 Å². The first-order chi connectivity index (χ1) is 8.27. The van der Waals surface area contributed by atoms with Crippen LogP contribution in [-0.2, 0) is 6.42 Å². The fourth-order valence-corrected chi connectivity index (χ4v) is 1.99. The lowest BCUT2D eigenvalue weighted by Crippen LogP contribution is -1.90. The highest BCUT2D eigenvalue weighted by atomic mass is 14.1. The molecule has 0 aliphatic heterocycles. The Morgan fingerprint density at radius 1 is 0.941 bits per heavy atom. The Kier molecular flexibility index (Phi) is 3.77. The van der Waals surface area contributed by atoms with Crippen molar-refractivity contribution in [3.05, 3.63) is 72.3 Å². The smallest absolute Gasteiger partial charge is 0.0152 e. The van der Waals surface area contributed by atoms with Crippen molar-refractivity contribution in [2.45, 2.75) is 19.8 Å². The third-order valence-electron chi connectivity index (χ3n) is 2.92. The highest BCUT2D eigenvalue weighted by molar-refractivity contribution is 5.67. The standard InChI is InChI=1S/C17H18/c1-14(2)12-13-16-10-6-7-11-17(16)15-8-4-3-5-9-15/h3-11H,1,12-13H2,2H3. The number of rotatable bonds is 4. The molecule has 0 unspecified atom stereocenters. The van der Waals surface area contributed by atoms with Crippen molar-refractivity contribution in [2.24, 2.45) is 0 Å². The quantitative estimate of drug-likeness (QED) is 0.648. The molecule has 17 heavy (non-hydrogen) atoms. The van der Waals surface area contributed by atoms with Crippen LogP contribution in [0.2, 0.25) is 0 Å². The van der Waals surface area contributed by atoms with Gasteiger partial charge in [0.25, 0.3) is 0 Å². The predicted octanol–water partition coefficient (Wildman–Crippen LogP) is 4.86. The summed E-state index contributed by atoms with van der Waals surface area (Å²) in [5.41, 5.74) is 5.29. The molecule has 0 nitrogen and oxygen atoms in total. The molecule has 0 spiro atoms. The lowest BCUT2D eigenvalue weighted by atomic mass is 9.96. The molecule has 0 heteroatoms. The predicted molar refractivity (Wildman–Crippen MR) is 75.0 cm³/mol. The van der Waals surface area contributed by atoms with Crippen molar-refractivity contribution in [1.82, 2.24) is 0 Å². The second-order valence-electron chi connectivity index (χ2n) is 4.48. The average Bonchev–Trinajstić information content (AvgIpc) is 2.38. The normalized spacial score (nSPS) is 10.2. The van der Waals surface area contributed by atoms with Gasteiger partial charge >= 0.3 is 0 Å². The van der Waals surface area contributed by atoms with Crippen molar-refractivity contribution in [1.29, 1.82) is 0 Å². The molecule has 0 aliphatic rings. The van der Waals surface area contributed by atoms with Crippen molar-refractivity contribution >= 4 is 0 Å². The minimum Gasteiger partial charge on any atom is -0.100 e. The first-order valence-electron chi connectivity index (χ1n) is 6.05. The zero-order chi connectivity index (χ0) is 12.1. The Bertz CT molecular complexity index is 494. The van der Waals surface area contributed by atoms with E-state index in [0.29, 0.717) is 0 Å². The Morgan fingerprint density at radius 3 is 2.29 bits per heavy atom. The van der Waals surface area contributed by atoms with E-state index in [9.17, 15) is 0 Å². The molecule has 0 fully saturated rings. The zero-order valence-corrected chi connectivity index (χ0v) is 10.3. The van der Waals surface area contributed by atoms with Crippen molar-refractivity contribution < 1.29 is 0 Å². The molecule has 0 amide bonds. The average molecular weight is 222 g/mol. The fourth-order valence-electron chi connectivity index (χ4n) is 1.99. The summed E-state index contributed by atoms with van der Waals surface area (Å²) in [5.74, 6) is 0. The van der Waals surface area contributed by atoms with Crippen LogP contribution in [0, 0.1) is 0 Å². The van der Waals surface area contributed by atoms with Gasteiger partial charge in [0.15, 0.2) is 0 Å². The second-order valence-corrected chi connectivity index (χ2v) is 4.48. The van der Waals surface area contributed by atoms with Crippen LogP contribution in [0.3, 0.4) is 0 Å². The van der Waals surface area contributed by atoms with Crippen LogP contribution in [-0.4, -0.2) is 0 Å². The van der Waals surface area contributed by atoms with Gasteiger partial charge in [-0.3, -0.25) is 0 Å². The van der Waals surface area contributed by atoms with Gasteiger partial charge in [-0.25, -0.2) is 0 Å². The molecule has 0 N–H and O–H groups in total. The summed E-state index contributed by atoms with van der Waals surface area (Å²) in [6.45, 7) is 6.06. The lowest BCUT2D eigenvalue weighted by Gasteiger charge is -2.09. The van der Waals surface area contributed by atoms with Crippen LogP contribution in [0.25, 0.3) is 11.1 Å². The van der Waals surface area contributed by atoms with E-state index in [1.165, 1.54) is 22.3 Å². The first-order valence-corrected chi connectivity index (χ1v) is 6.05. The lowest BCUT2D eigenvalue weighted by molar-refractivity contribution is 0.948. The second kappa shape index (κ2) is 5.49. The molecule has 0 heterocycles. The number of benzene rings is 2. The number of aryl methyl sites for hydroxylation is 1. The van der Waals surface area contributed by atoms with Gasteiger partial charge < -0.3 is 0 Å². The number of hydrogen-bond acceptors (Lipinski definition) is 0. The Hall–Kier alpha value is -1.82. The molecular weight excluding hydrogens is 204 g/mol. The van der Waals surface area contributed by atoms with Crippen LogP contribution in [0.1, 0.15) is 18.9 Å². The molecule has 2 aromatic rings. The molecule has 86 valence electrons. The molecule has 0 bridgehead atoms. The largest absolute Gasteiger partial charge is 0.100 e.